The highest BCUT2D eigenvalue weighted by atomic mass is 16.5. The number of methoxy groups -OCH3 is 1. The molecule has 1 rings (SSSR count). The molecular formula is C14H23NO. The van der Waals surface area contributed by atoms with Crippen LogP contribution in [0.3, 0.4) is 0 Å². The number of rotatable bonds is 4. The smallest absolute Gasteiger partial charge is 0.0661 e. The normalized spacial score (nSPS) is 13.6. The number of hydrogen-bond acceptors (Lipinski definition) is 2. The molecule has 0 aromatic heterocycles. The van der Waals surface area contributed by atoms with E-state index in [9.17, 15) is 0 Å². The Morgan fingerprint density at radius 2 is 1.88 bits per heavy atom. The molecule has 0 aliphatic heterocycles. The molecule has 0 saturated carbocycles. The number of nitrogens with one attached hydrogen (secondary N) is 1. The van der Waals surface area contributed by atoms with Gasteiger partial charge in [0.2, 0.25) is 0 Å². The van der Waals surface area contributed by atoms with Crippen molar-refractivity contribution in [1.82, 2.24) is 0 Å². The van der Waals surface area contributed by atoms with E-state index in [1.807, 2.05) is 0 Å². The van der Waals surface area contributed by atoms with Crippen molar-refractivity contribution in [2.45, 2.75) is 39.2 Å². The van der Waals surface area contributed by atoms with Gasteiger partial charge in [-0.15, -0.1) is 0 Å². The van der Waals surface area contributed by atoms with E-state index in [1.165, 1.54) is 11.3 Å². The Morgan fingerprint density at radius 3 is 2.44 bits per heavy atom. The van der Waals surface area contributed by atoms with Gasteiger partial charge in [0.1, 0.15) is 0 Å². The Bertz CT molecular complexity index is 328. The second-order valence-corrected chi connectivity index (χ2v) is 5.30. The molecule has 90 valence electrons. The van der Waals surface area contributed by atoms with Crippen LogP contribution in [0.4, 0.5) is 5.69 Å². The molecule has 2 heteroatoms. The zero-order valence-corrected chi connectivity index (χ0v) is 11.0. The third kappa shape index (κ3) is 3.53. The molecule has 1 N–H and O–H groups in total. The molecule has 2 nitrogen and oxygen atoms in total. The van der Waals surface area contributed by atoms with Crippen LogP contribution in [-0.4, -0.2) is 19.8 Å². The maximum absolute atomic E-state index is 5.14. The van der Waals surface area contributed by atoms with Gasteiger partial charge in [-0.25, -0.2) is 0 Å². The van der Waals surface area contributed by atoms with Gasteiger partial charge in [-0.2, -0.15) is 0 Å². The van der Waals surface area contributed by atoms with Crippen LogP contribution in [0.5, 0.6) is 0 Å². The molecular weight excluding hydrogens is 198 g/mol. The van der Waals surface area contributed by atoms with E-state index >= 15 is 0 Å². The van der Waals surface area contributed by atoms with Crippen molar-refractivity contribution in [2.75, 3.05) is 19.0 Å². The molecule has 0 aliphatic carbocycles. The van der Waals surface area contributed by atoms with Gasteiger partial charge in [-0.3, -0.25) is 0 Å². The number of ether oxygens (including phenoxy) is 1. The molecule has 0 radical (unpaired) electrons. The van der Waals surface area contributed by atoms with Crippen LogP contribution in [0.15, 0.2) is 24.3 Å². The van der Waals surface area contributed by atoms with Gasteiger partial charge >= 0.3 is 0 Å². The molecule has 0 heterocycles. The van der Waals surface area contributed by atoms with Gasteiger partial charge in [-0.1, -0.05) is 39.0 Å². The van der Waals surface area contributed by atoms with Crippen molar-refractivity contribution in [2.24, 2.45) is 0 Å². The Hall–Kier alpha value is -1.02. The predicted octanol–water partition coefficient (Wildman–Crippen LogP) is 3.43. The maximum atomic E-state index is 5.14. The van der Waals surface area contributed by atoms with Crippen molar-refractivity contribution in [3.63, 3.8) is 0 Å². The highest BCUT2D eigenvalue weighted by molar-refractivity contribution is 5.54. The van der Waals surface area contributed by atoms with Crippen molar-refractivity contribution >= 4 is 5.69 Å². The molecule has 1 atom stereocenters. The summed E-state index contributed by atoms with van der Waals surface area (Å²) in [6.45, 7) is 9.54. The monoisotopic (exact) mass is 221 g/mol. The van der Waals surface area contributed by atoms with Crippen LogP contribution >= 0.6 is 0 Å². The van der Waals surface area contributed by atoms with Crippen molar-refractivity contribution < 1.29 is 4.74 Å². The molecule has 0 bridgehead atoms. The van der Waals surface area contributed by atoms with E-state index in [4.69, 9.17) is 4.74 Å². The average molecular weight is 221 g/mol. The molecule has 0 aliphatic rings. The van der Waals surface area contributed by atoms with Gasteiger partial charge < -0.3 is 10.1 Å². The van der Waals surface area contributed by atoms with Crippen molar-refractivity contribution in [3.8, 4) is 0 Å². The second-order valence-electron chi connectivity index (χ2n) is 5.30. The van der Waals surface area contributed by atoms with E-state index < -0.39 is 0 Å². The lowest BCUT2D eigenvalue weighted by atomic mass is 9.85. The van der Waals surface area contributed by atoms with E-state index in [0.717, 1.165) is 6.61 Å². The first-order valence-corrected chi connectivity index (χ1v) is 5.80. The molecule has 1 aromatic carbocycles. The number of para-hydroxylation sites is 1. The number of benzene rings is 1. The van der Waals surface area contributed by atoms with Crippen LogP contribution in [0, 0.1) is 0 Å². The van der Waals surface area contributed by atoms with Crippen LogP contribution in [0.2, 0.25) is 0 Å². The highest BCUT2D eigenvalue weighted by Gasteiger charge is 2.17. The SMILES string of the molecule is COCC(C)Nc1ccccc1C(C)(C)C. The molecule has 16 heavy (non-hydrogen) atoms. The van der Waals surface area contributed by atoms with E-state index in [1.54, 1.807) is 7.11 Å². The lowest BCUT2D eigenvalue weighted by Gasteiger charge is -2.25. The Kier molecular flexibility index (Phi) is 4.36. The minimum absolute atomic E-state index is 0.163. The molecule has 0 spiro atoms. The van der Waals surface area contributed by atoms with E-state index in [-0.39, 0.29) is 5.41 Å². The molecule has 1 unspecified atom stereocenters. The predicted molar refractivity (Wildman–Crippen MR) is 70.1 cm³/mol. The number of anilines is 1. The minimum atomic E-state index is 0.163. The maximum Gasteiger partial charge on any atom is 0.0661 e. The van der Waals surface area contributed by atoms with Gasteiger partial charge in [-0.05, 0) is 24.0 Å². The molecule has 1 aromatic rings. The zero-order valence-electron chi connectivity index (χ0n) is 11.0. The number of hydrogen-bond donors (Lipinski definition) is 1. The Morgan fingerprint density at radius 1 is 1.25 bits per heavy atom. The molecule has 0 fully saturated rings. The molecule has 0 saturated heterocycles. The first kappa shape index (κ1) is 13.0. The summed E-state index contributed by atoms with van der Waals surface area (Å²) in [5.41, 5.74) is 2.72. The molecule has 0 amide bonds. The van der Waals surface area contributed by atoms with E-state index in [2.05, 4.69) is 57.3 Å². The van der Waals surface area contributed by atoms with Crippen molar-refractivity contribution in [1.29, 1.82) is 0 Å². The quantitative estimate of drug-likeness (QED) is 0.841. The lowest BCUT2D eigenvalue weighted by Crippen LogP contribution is -2.23. The van der Waals surface area contributed by atoms with Gasteiger partial charge in [0.25, 0.3) is 0 Å². The second kappa shape index (κ2) is 5.35. The van der Waals surface area contributed by atoms with Gasteiger partial charge in [0.15, 0.2) is 0 Å². The first-order valence-electron chi connectivity index (χ1n) is 5.80. The van der Waals surface area contributed by atoms with E-state index in [0.29, 0.717) is 6.04 Å². The standard InChI is InChI=1S/C14H23NO/c1-11(10-16-5)15-13-9-7-6-8-12(13)14(2,3)4/h6-9,11,15H,10H2,1-5H3. The minimum Gasteiger partial charge on any atom is -0.383 e. The Labute approximate surface area is 99.0 Å². The van der Waals surface area contributed by atoms with Crippen molar-refractivity contribution in [3.05, 3.63) is 29.8 Å². The fourth-order valence-corrected chi connectivity index (χ4v) is 1.82. The summed E-state index contributed by atoms with van der Waals surface area (Å²) in [7, 11) is 1.73. The summed E-state index contributed by atoms with van der Waals surface area (Å²) < 4.78 is 5.14. The largest absolute Gasteiger partial charge is 0.383 e. The summed E-state index contributed by atoms with van der Waals surface area (Å²) in [4.78, 5) is 0. The van der Waals surface area contributed by atoms with Crippen LogP contribution < -0.4 is 5.32 Å². The summed E-state index contributed by atoms with van der Waals surface area (Å²) >= 11 is 0. The third-order valence-corrected chi connectivity index (χ3v) is 2.55. The third-order valence-electron chi connectivity index (χ3n) is 2.55. The topological polar surface area (TPSA) is 21.3 Å². The van der Waals surface area contributed by atoms with Crippen LogP contribution in [-0.2, 0) is 10.2 Å². The van der Waals surface area contributed by atoms with Gasteiger partial charge in [0.05, 0.1) is 6.61 Å². The first-order chi connectivity index (χ1) is 7.45. The van der Waals surface area contributed by atoms with Gasteiger partial charge in [0, 0.05) is 18.8 Å². The highest BCUT2D eigenvalue weighted by Crippen LogP contribution is 2.29. The zero-order chi connectivity index (χ0) is 12.2. The summed E-state index contributed by atoms with van der Waals surface area (Å²) in [6, 6.07) is 8.80. The van der Waals surface area contributed by atoms with Crippen LogP contribution in [0.25, 0.3) is 0 Å². The fraction of sp³-hybridized carbons (Fsp3) is 0.571. The summed E-state index contributed by atoms with van der Waals surface area (Å²) in [5.74, 6) is 0. The summed E-state index contributed by atoms with van der Waals surface area (Å²) in [6.07, 6.45) is 0. The summed E-state index contributed by atoms with van der Waals surface area (Å²) in [5, 5.41) is 3.49. The lowest BCUT2D eigenvalue weighted by molar-refractivity contribution is 0.190. The average Bonchev–Trinajstić information content (AvgIpc) is 2.17. The van der Waals surface area contributed by atoms with Crippen LogP contribution in [0.1, 0.15) is 33.3 Å². The Balaban J connectivity index is 2.87. The fourth-order valence-electron chi connectivity index (χ4n) is 1.82.